The second-order valence-corrected chi connectivity index (χ2v) is 3.95. The lowest BCUT2D eigenvalue weighted by Crippen LogP contribution is -2.28. The molecule has 5 heteroatoms. The Morgan fingerprint density at radius 2 is 1.83 bits per heavy atom. The Bertz CT molecular complexity index is 401. The van der Waals surface area contributed by atoms with Crippen molar-refractivity contribution < 1.29 is 14.7 Å². The summed E-state index contributed by atoms with van der Waals surface area (Å²) < 4.78 is 0. The Kier molecular flexibility index (Phi) is 5.70. The molecule has 0 spiro atoms. The minimum Gasteiger partial charge on any atom is -0.530 e. The van der Waals surface area contributed by atoms with Crippen molar-refractivity contribution in [2.75, 3.05) is 11.9 Å². The molecule has 0 heterocycles. The van der Waals surface area contributed by atoms with Crippen LogP contribution < -0.4 is 15.7 Å². The van der Waals surface area contributed by atoms with E-state index < -0.39 is 6.09 Å². The fraction of sp³-hybridized carbons (Fsp3) is 0.385. The largest absolute Gasteiger partial charge is 0.530 e. The quantitative estimate of drug-likeness (QED) is 0.747. The fourth-order valence-electron chi connectivity index (χ4n) is 1.50. The van der Waals surface area contributed by atoms with Gasteiger partial charge < -0.3 is 20.5 Å². The molecule has 2 N–H and O–H groups in total. The minimum absolute atomic E-state index is 0.147. The average molecular weight is 249 g/mol. The topological polar surface area (TPSA) is 81.3 Å². The maximum atomic E-state index is 11.7. The predicted octanol–water partition coefficient (Wildman–Crippen LogP) is 1.36. The molecule has 1 aromatic carbocycles. The van der Waals surface area contributed by atoms with Gasteiger partial charge in [0.1, 0.15) is 6.09 Å². The highest BCUT2D eigenvalue weighted by Crippen LogP contribution is 2.09. The highest BCUT2D eigenvalue weighted by Gasteiger charge is 2.04. The maximum Gasteiger partial charge on any atom is 0.251 e. The standard InChI is InChI=1S/C13H18N2O3/c1-2-3-4-9-14-12(16)10-5-7-11(8-6-10)15-13(17)18/h5-8,15H,2-4,9H2,1H3,(H,14,16)(H,17,18)/p-1. The van der Waals surface area contributed by atoms with Gasteiger partial charge in [-0.1, -0.05) is 19.8 Å². The summed E-state index contributed by atoms with van der Waals surface area (Å²) in [6, 6.07) is 6.19. The molecule has 5 nitrogen and oxygen atoms in total. The zero-order chi connectivity index (χ0) is 13.4. The molecule has 0 bridgehead atoms. The molecule has 0 aliphatic rings. The zero-order valence-corrected chi connectivity index (χ0v) is 10.4. The number of carboxylic acid groups (broad SMARTS) is 1. The normalized spacial score (nSPS) is 9.83. The van der Waals surface area contributed by atoms with Gasteiger partial charge in [-0.05, 0) is 30.7 Å². The molecule has 0 saturated heterocycles. The summed E-state index contributed by atoms with van der Waals surface area (Å²) >= 11 is 0. The van der Waals surface area contributed by atoms with Crippen LogP contribution in [0.5, 0.6) is 0 Å². The molecule has 0 aliphatic heterocycles. The van der Waals surface area contributed by atoms with Crippen LogP contribution in [0.15, 0.2) is 24.3 Å². The first-order valence-electron chi connectivity index (χ1n) is 5.99. The van der Waals surface area contributed by atoms with Crippen LogP contribution in [0.3, 0.4) is 0 Å². The van der Waals surface area contributed by atoms with Crippen molar-refractivity contribution in [2.45, 2.75) is 26.2 Å². The Morgan fingerprint density at radius 1 is 1.17 bits per heavy atom. The van der Waals surface area contributed by atoms with Crippen LogP contribution in [0.2, 0.25) is 0 Å². The molecule has 0 atom stereocenters. The van der Waals surface area contributed by atoms with Crippen LogP contribution in [0, 0.1) is 0 Å². The van der Waals surface area contributed by atoms with E-state index in [0.29, 0.717) is 17.8 Å². The molecule has 0 fully saturated rings. The van der Waals surface area contributed by atoms with E-state index >= 15 is 0 Å². The zero-order valence-electron chi connectivity index (χ0n) is 10.4. The predicted molar refractivity (Wildman–Crippen MR) is 67.3 cm³/mol. The molecule has 1 rings (SSSR count). The highest BCUT2D eigenvalue weighted by atomic mass is 16.4. The van der Waals surface area contributed by atoms with E-state index in [1.54, 1.807) is 12.1 Å². The van der Waals surface area contributed by atoms with E-state index in [1.807, 2.05) is 0 Å². The SMILES string of the molecule is CCCCCNC(=O)c1ccc(NC(=O)[O-])cc1. The van der Waals surface area contributed by atoms with Gasteiger partial charge in [0, 0.05) is 17.8 Å². The number of unbranched alkanes of at least 4 members (excludes halogenated alkanes) is 2. The Balaban J connectivity index is 2.46. The van der Waals surface area contributed by atoms with Crippen LogP contribution >= 0.6 is 0 Å². The van der Waals surface area contributed by atoms with E-state index in [9.17, 15) is 14.7 Å². The molecule has 0 radical (unpaired) electrons. The lowest BCUT2D eigenvalue weighted by Gasteiger charge is -2.08. The van der Waals surface area contributed by atoms with Crippen LogP contribution in [0.25, 0.3) is 0 Å². The molecule has 0 saturated carbocycles. The summed E-state index contributed by atoms with van der Waals surface area (Å²) in [4.78, 5) is 22.0. The number of carbonyl (C=O) groups is 2. The van der Waals surface area contributed by atoms with Crippen molar-refractivity contribution >= 4 is 17.7 Å². The number of carbonyl (C=O) groups excluding carboxylic acids is 2. The molecular weight excluding hydrogens is 232 g/mol. The van der Waals surface area contributed by atoms with Gasteiger partial charge in [0.2, 0.25) is 0 Å². The van der Waals surface area contributed by atoms with Gasteiger partial charge in [-0.25, -0.2) is 0 Å². The Labute approximate surface area is 106 Å². The van der Waals surface area contributed by atoms with Gasteiger partial charge in [0.15, 0.2) is 0 Å². The highest BCUT2D eigenvalue weighted by molar-refractivity contribution is 5.94. The van der Waals surface area contributed by atoms with Crippen LogP contribution in [0.1, 0.15) is 36.5 Å². The van der Waals surface area contributed by atoms with Crippen LogP contribution in [-0.4, -0.2) is 18.5 Å². The van der Waals surface area contributed by atoms with Crippen molar-refractivity contribution in [3.05, 3.63) is 29.8 Å². The summed E-state index contributed by atoms with van der Waals surface area (Å²) in [5.41, 5.74) is 0.896. The van der Waals surface area contributed by atoms with Crippen molar-refractivity contribution in [1.29, 1.82) is 0 Å². The molecule has 1 aromatic rings. The van der Waals surface area contributed by atoms with Gasteiger partial charge in [0.05, 0.1) is 0 Å². The lowest BCUT2D eigenvalue weighted by atomic mass is 10.2. The fourth-order valence-corrected chi connectivity index (χ4v) is 1.50. The van der Waals surface area contributed by atoms with Crippen LogP contribution in [-0.2, 0) is 0 Å². The van der Waals surface area contributed by atoms with Crippen LogP contribution in [0.4, 0.5) is 10.5 Å². The third kappa shape index (κ3) is 4.86. The Morgan fingerprint density at radius 3 is 2.39 bits per heavy atom. The first-order chi connectivity index (χ1) is 8.63. The van der Waals surface area contributed by atoms with Gasteiger partial charge in [-0.3, -0.25) is 4.79 Å². The summed E-state index contributed by atoms with van der Waals surface area (Å²) in [6.45, 7) is 2.76. The van der Waals surface area contributed by atoms with Crippen molar-refractivity contribution in [3.8, 4) is 0 Å². The summed E-state index contributed by atoms with van der Waals surface area (Å²) in [5, 5.41) is 15.2. The smallest absolute Gasteiger partial charge is 0.251 e. The number of rotatable bonds is 6. The van der Waals surface area contributed by atoms with E-state index in [2.05, 4.69) is 17.6 Å². The molecule has 18 heavy (non-hydrogen) atoms. The molecule has 0 aromatic heterocycles. The lowest BCUT2D eigenvalue weighted by molar-refractivity contribution is -0.242. The first-order valence-corrected chi connectivity index (χ1v) is 5.99. The monoisotopic (exact) mass is 249 g/mol. The minimum atomic E-state index is -1.37. The van der Waals surface area contributed by atoms with E-state index in [1.165, 1.54) is 12.1 Å². The summed E-state index contributed by atoms with van der Waals surface area (Å²) in [7, 11) is 0. The molecular formula is C13H17N2O3-. The molecule has 2 amide bonds. The van der Waals surface area contributed by atoms with Gasteiger partial charge in [0.25, 0.3) is 5.91 Å². The third-order valence-electron chi connectivity index (χ3n) is 2.46. The number of hydrogen-bond donors (Lipinski definition) is 2. The van der Waals surface area contributed by atoms with Crippen molar-refractivity contribution in [2.24, 2.45) is 0 Å². The summed E-state index contributed by atoms with van der Waals surface area (Å²) in [5.74, 6) is -0.147. The van der Waals surface area contributed by atoms with E-state index in [4.69, 9.17) is 0 Å². The second kappa shape index (κ2) is 7.32. The third-order valence-corrected chi connectivity index (χ3v) is 2.46. The molecule has 0 unspecified atom stereocenters. The first kappa shape index (κ1) is 14.0. The van der Waals surface area contributed by atoms with Gasteiger partial charge >= 0.3 is 0 Å². The maximum absolute atomic E-state index is 11.7. The molecule has 98 valence electrons. The Hall–Kier alpha value is -2.04. The molecule has 0 aliphatic carbocycles. The van der Waals surface area contributed by atoms with Crippen molar-refractivity contribution in [1.82, 2.24) is 5.32 Å². The van der Waals surface area contributed by atoms with Crippen molar-refractivity contribution in [3.63, 3.8) is 0 Å². The van der Waals surface area contributed by atoms with E-state index in [-0.39, 0.29) is 5.91 Å². The van der Waals surface area contributed by atoms with E-state index in [0.717, 1.165) is 19.3 Å². The number of benzene rings is 1. The van der Waals surface area contributed by atoms with Gasteiger partial charge in [-0.15, -0.1) is 0 Å². The number of amides is 2. The average Bonchev–Trinajstić information content (AvgIpc) is 2.34. The summed E-state index contributed by atoms with van der Waals surface area (Å²) in [6.07, 6.45) is 1.80. The number of nitrogens with one attached hydrogen (secondary N) is 2. The second-order valence-electron chi connectivity index (χ2n) is 3.95. The number of hydrogen-bond acceptors (Lipinski definition) is 3. The van der Waals surface area contributed by atoms with Gasteiger partial charge in [-0.2, -0.15) is 0 Å². The number of anilines is 1.